The van der Waals surface area contributed by atoms with Crippen molar-refractivity contribution in [3.63, 3.8) is 0 Å². The van der Waals surface area contributed by atoms with Gasteiger partial charge in [0, 0.05) is 21.0 Å². The van der Waals surface area contributed by atoms with Gasteiger partial charge in [0.1, 0.15) is 0 Å². The fourth-order valence-corrected chi connectivity index (χ4v) is 1.89. The molecule has 0 radical (unpaired) electrons. The zero-order chi connectivity index (χ0) is 11.1. The molecule has 0 saturated heterocycles. The Kier molecular flexibility index (Phi) is 6.24. The molecule has 1 rings (SSSR count). The molecule has 2 nitrogen and oxygen atoms in total. The van der Waals surface area contributed by atoms with Gasteiger partial charge in [-0.15, -0.1) is 0 Å². The summed E-state index contributed by atoms with van der Waals surface area (Å²) in [5.41, 5.74) is 0.874. The van der Waals surface area contributed by atoms with Crippen LogP contribution >= 0.6 is 38.5 Å². The highest BCUT2D eigenvalue weighted by Crippen LogP contribution is 2.11. The van der Waals surface area contributed by atoms with Crippen molar-refractivity contribution in [2.24, 2.45) is 0 Å². The third-order valence-corrected chi connectivity index (χ3v) is 3.20. The van der Waals surface area contributed by atoms with Gasteiger partial charge in [-0.3, -0.25) is 4.79 Å². The summed E-state index contributed by atoms with van der Waals surface area (Å²) in [6.45, 7) is 0. The minimum absolute atomic E-state index is 0.0946. The van der Waals surface area contributed by atoms with Crippen LogP contribution in [0.5, 0.6) is 0 Å². The van der Waals surface area contributed by atoms with E-state index in [-0.39, 0.29) is 5.91 Å². The van der Waals surface area contributed by atoms with E-state index in [0.717, 1.165) is 23.9 Å². The maximum absolute atomic E-state index is 11.4. The topological polar surface area (TPSA) is 29.1 Å². The fraction of sp³-hybridized carbons (Fsp3) is 0.364. The van der Waals surface area contributed by atoms with Crippen LogP contribution in [0.25, 0.3) is 0 Å². The van der Waals surface area contributed by atoms with E-state index in [4.69, 9.17) is 0 Å². The molecule has 0 aliphatic carbocycles. The minimum Gasteiger partial charge on any atom is -0.326 e. The summed E-state index contributed by atoms with van der Waals surface area (Å²) in [5.74, 6) is 0.0946. The predicted molar refractivity (Wildman–Crippen MR) is 75.4 cm³/mol. The number of carbonyl (C=O) groups excluding carboxylic acids is 1. The average Bonchev–Trinajstić information content (AvgIpc) is 2.22. The molecule has 4 heteroatoms. The number of anilines is 1. The molecule has 15 heavy (non-hydrogen) atoms. The third-order valence-electron chi connectivity index (χ3n) is 1.92. The van der Waals surface area contributed by atoms with E-state index in [2.05, 4.69) is 43.8 Å². The molecule has 1 aromatic rings. The van der Waals surface area contributed by atoms with Crippen molar-refractivity contribution in [1.29, 1.82) is 0 Å². The molecule has 0 aliphatic heterocycles. The van der Waals surface area contributed by atoms with Crippen LogP contribution in [0.4, 0.5) is 5.69 Å². The molecular formula is C11H13BrINO. The number of unbranched alkanes of at least 4 members (excludes halogenated alkanes) is 1. The van der Waals surface area contributed by atoms with E-state index in [1.54, 1.807) is 0 Å². The number of amides is 1. The van der Waals surface area contributed by atoms with Gasteiger partial charge in [0.05, 0.1) is 0 Å². The second kappa shape index (κ2) is 7.22. The number of halogens is 2. The summed E-state index contributed by atoms with van der Waals surface area (Å²) in [5, 5.41) is 3.83. The summed E-state index contributed by atoms with van der Waals surface area (Å²) in [6, 6.07) is 7.80. The van der Waals surface area contributed by atoms with Crippen LogP contribution < -0.4 is 5.32 Å². The largest absolute Gasteiger partial charge is 0.326 e. The van der Waals surface area contributed by atoms with E-state index in [1.165, 1.54) is 3.57 Å². The fourth-order valence-electron chi connectivity index (χ4n) is 1.14. The monoisotopic (exact) mass is 381 g/mol. The molecule has 0 saturated carbocycles. The zero-order valence-electron chi connectivity index (χ0n) is 8.30. The first-order chi connectivity index (χ1) is 7.22. The van der Waals surface area contributed by atoms with Crippen molar-refractivity contribution < 1.29 is 4.79 Å². The van der Waals surface area contributed by atoms with Crippen molar-refractivity contribution in [3.8, 4) is 0 Å². The lowest BCUT2D eigenvalue weighted by Crippen LogP contribution is -2.10. The van der Waals surface area contributed by atoms with Crippen molar-refractivity contribution >= 4 is 50.1 Å². The number of rotatable bonds is 5. The molecule has 0 aromatic heterocycles. The molecular weight excluding hydrogens is 369 g/mol. The van der Waals surface area contributed by atoms with Gasteiger partial charge in [-0.1, -0.05) is 15.9 Å². The quantitative estimate of drug-likeness (QED) is 0.469. The number of hydrogen-bond donors (Lipinski definition) is 1. The van der Waals surface area contributed by atoms with Crippen LogP contribution in [0.1, 0.15) is 19.3 Å². The lowest BCUT2D eigenvalue weighted by molar-refractivity contribution is -0.116. The number of carbonyl (C=O) groups is 1. The van der Waals surface area contributed by atoms with Gasteiger partial charge in [-0.25, -0.2) is 0 Å². The summed E-state index contributed by atoms with van der Waals surface area (Å²) in [4.78, 5) is 11.4. The highest BCUT2D eigenvalue weighted by Gasteiger charge is 2.01. The second-order valence-electron chi connectivity index (χ2n) is 3.20. The molecule has 0 aliphatic rings. The average molecular weight is 382 g/mol. The molecule has 0 bridgehead atoms. The molecule has 1 aromatic carbocycles. The summed E-state index contributed by atoms with van der Waals surface area (Å²) in [6.07, 6.45) is 2.57. The first-order valence-electron chi connectivity index (χ1n) is 4.84. The van der Waals surface area contributed by atoms with Crippen LogP contribution in [-0.4, -0.2) is 11.2 Å². The number of hydrogen-bond acceptors (Lipinski definition) is 1. The van der Waals surface area contributed by atoms with Gasteiger partial charge in [0.2, 0.25) is 5.91 Å². The number of alkyl halides is 1. The highest BCUT2D eigenvalue weighted by molar-refractivity contribution is 14.1. The van der Waals surface area contributed by atoms with Crippen LogP contribution in [0, 0.1) is 3.57 Å². The third kappa shape index (κ3) is 5.51. The van der Waals surface area contributed by atoms with Crippen LogP contribution in [0.15, 0.2) is 24.3 Å². The standard InChI is InChI=1S/C11H13BrINO/c12-8-2-1-3-11(15)14-10-6-4-9(13)5-7-10/h4-7H,1-3,8H2,(H,14,15). The Morgan fingerprint density at radius 2 is 1.93 bits per heavy atom. The molecule has 0 atom stereocenters. The van der Waals surface area contributed by atoms with Crippen molar-refractivity contribution in [3.05, 3.63) is 27.8 Å². The van der Waals surface area contributed by atoms with E-state index in [0.29, 0.717) is 6.42 Å². The normalized spacial score (nSPS) is 10.0. The SMILES string of the molecule is O=C(CCCCBr)Nc1ccc(I)cc1. The van der Waals surface area contributed by atoms with E-state index < -0.39 is 0 Å². The molecule has 0 spiro atoms. The Labute approximate surface area is 112 Å². The predicted octanol–water partition coefficient (Wildman–Crippen LogP) is 3.79. The van der Waals surface area contributed by atoms with Gasteiger partial charge in [-0.2, -0.15) is 0 Å². The summed E-state index contributed by atoms with van der Waals surface area (Å²) in [7, 11) is 0. The molecule has 0 fully saturated rings. The Hall–Kier alpha value is -0.100. The lowest BCUT2D eigenvalue weighted by Gasteiger charge is -2.04. The second-order valence-corrected chi connectivity index (χ2v) is 5.24. The van der Waals surface area contributed by atoms with Crippen LogP contribution in [0.3, 0.4) is 0 Å². The Balaban J connectivity index is 2.34. The van der Waals surface area contributed by atoms with Crippen LogP contribution in [-0.2, 0) is 4.79 Å². The van der Waals surface area contributed by atoms with Gasteiger partial charge in [0.25, 0.3) is 0 Å². The number of nitrogens with one attached hydrogen (secondary N) is 1. The lowest BCUT2D eigenvalue weighted by atomic mass is 10.2. The van der Waals surface area contributed by atoms with Crippen molar-refractivity contribution in [2.45, 2.75) is 19.3 Å². The van der Waals surface area contributed by atoms with Crippen molar-refractivity contribution in [2.75, 3.05) is 10.6 Å². The van der Waals surface area contributed by atoms with E-state index in [9.17, 15) is 4.79 Å². The first kappa shape index (κ1) is 13.0. The van der Waals surface area contributed by atoms with Gasteiger partial charge in [0.15, 0.2) is 0 Å². The molecule has 1 N–H and O–H groups in total. The Morgan fingerprint density at radius 3 is 2.53 bits per heavy atom. The minimum atomic E-state index is 0.0946. The summed E-state index contributed by atoms with van der Waals surface area (Å²) < 4.78 is 1.17. The van der Waals surface area contributed by atoms with Crippen LogP contribution in [0.2, 0.25) is 0 Å². The number of benzene rings is 1. The van der Waals surface area contributed by atoms with E-state index in [1.807, 2.05) is 24.3 Å². The van der Waals surface area contributed by atoms with Gasteiger partial charge in [-0.05, 0) is 59.7 Å². The molecule has 0 unspecified atom stereocenters. The Bertz CT molecular complexity index is 313. The summed E-state index contributed by atoms with van der Waals surface area (Å²) >= 11 is 5.58. The van der Waals surface area contributed by atoms with Gasteiger partial charge < -0.3 is 5.32 Å². The van der Waals surface area contributed by atoms with Crippen molar-refractivity contribution in [1.82, 2.24) is 0 Å². The maximum Gasteiger partial charge on any atom is 0.224 e. The first-order valence-corrected chi connectivity index (χ1v) is 7.04. The highest BCUT2D eigenvalue weighted by atomic mass is 127. The molecule has 82 valence electrons. The zero-order valence-corrected chi connectivity index (χ0v) is 12.0. The molecule has 1 amide bonds. The van der Waals surface area contributed by atoms with E-state index >= 15 is 0 Å². The Morgan fingerprint density at radius 1 is 1.27 bits per heavy atom. The maximum atomic E-state index is 11.4. The molecule has 0 heterocycles. The smallest absolute Gasteiger partial charge is 0.224 e. The van der Waals surface area contributed by atoms with Gasteiger partial charge >= 0.3 is 0 Å².